The van der Waals surface area contributed by atoms with Gasteiger partial charge in [-0.15, -0.1) is 0 Å². The molecule has 3 aromatic rings. The molecule has 0 aromatic heterocycles. The van der Waals surface area contributed by atoms with Crippen molar-refractivity contribution >= 4 is 21.6 Å². The summed E-state index contributed by atoms with van der Waals surface area (Å²) in [7, 11) is -0.558. The molecule has 0 heterocycles. The molecule has 0 unspecified atom stereocenters. The van der Waals surface area contributed by atoms with Crippen LogP contribution in [0, 0.1) is 0 Å². The summed E-state index contributed by atoms with van der Waals surface area (Å²) in [6.07, 6.45) is 0. The van der Waals surface area contributed by atoms with E-state index in [0.29, 0.717) is 22.7 Å². The molecule has 0 saturated heterocycles. The quantitative estimate of drug-likeness (QED) is 0.576. The monoisotopic (exact) mass is 426 g/mol. The number of hydrogen-bond donors (Lipinski definition) is 2. The van der Waals surface area contributed by atoms with E-state index < -0.39 is 10.0 Å². The second-order valence-electron chi connectivity index (χ2n) is 6.36. The van der Waals surface area contributed by atoms with Crippen molar-refractivity contribution in [2.75, 3.05) is 18.9 Å². The first-order valence-electron chi connectivity index (χ1n) is 9.10. The number of amides is 1. The minimum absolute atomic E-state index is 0.166. The molecule has 0 fully saturated rings. The molecule has 156 valence electrons. The predicted molar refractivity (Wildman–Crippen MR) is 114 cm³/mol. The minimum atomic E-state index is -3.68. The van der Waals surface area contributed by atoms with E-state index in [0.717, 1.165) is 5.56 Å². The average Bonchev–Trinajstić information content (AvgIpc) is 2.78. The highest BCUT2D eigenvalue weighted by atomic mass is 32.2. The molecule has 2 N–H and O–H groups in total. The van der Waals surface area contributed by atoms with Gasteiger partial charge in [-0.25, -0.2) is 8.42 Å². The Hall–Kier alpha value is -3.52. The smallest absolute Gasteiger partial charge is 0.261 e. The summed E-state index contributed by atoms with van der Waals surface area (Å²) in [5.74, 6) is 1.01. The van der Waals surface area contributed by atoms with Crippen LogP contribution in [0.5, 0.6) is 11.5 Å². The van der Waals surface area contributed by atoms with Crippen LogP contribution in [0.3, 0.4) is 0 Å². The van der Waals surface area contributed by atoms with Gasteiger partial charge < -0.3 is 14.8 Å². The van der Waals surface area contributed by atoms with Crippen LogP contribution in [0.4, 0.5) is 5.69 Å². The number of methoxy groups -OCH3 is 2. The molecule has 0 saturated carbocycles. The van der Waals surface area contributed by atoms with Gasteiger partial charge in [0.1, 0.15) is 11.5 Å². The van der Waals surface area contributed by atoms with E-state index >= 15 is 0 Å². The maximum Gasteiger partial charge on any atom is 0.261 e. The maximum absolute atomic E-state index is 12.5. The Morgan fingerprint density at radius 1 is 0.900 bits per heavy atom. The number of benzene rings is 3. The Morgan fingerprint density at radius 2 is 1.60 bits per heavy atom. The van der Waals surface area contributed by atoms with E-state index in [9.17, 15) is 13.2 Å². The van der Waals surface area contributed by atoms with E-state index in [-0.39, 0.29) is 17.3 Å². The second-order valence-corrected chi connectivity index (χ2v) is 8.04. The summed E-state index contributed by atoms with van der Waals surface area (Å²) in [5.41, 5.74) is 1.54. The van der Waals surface area contributed by atoms with Gasteiger partial charge in [-0.05, 0) is 54.6 Å². The van der Waals surface area contributed by atoms with Crippen molar-refractivity contribution in [2.45, 2.75) is 11.4 Å². The Kier molecular flexibility index (Phi) is 6.58. The van der Waals surface area contributed by atoms with Crippen molar-refractivity contribution in [1.29, 1.82) is 0 Å². The van der Waals surface area contributed by atoms with E-state index in [2.05, 4.69) is 10.0 Å². The van der Waals surface area contributed by atoms with E-state index in [1.807, 2.05) is 0 Å². The molecule has 0 spiro atoms. The molecular weight excluding hydrogens is 404 g/mol. The summed E-state index contributed by atoms with van der Waals surface area (Å²) in [4.78, 5) is 12.6. The molecule has 0 aliphatic rings. The van der Waals surface area contributed by atoms with Gasteiger partial charge in [-0.3, -0.25) is 9.52 Å². The summed E-state index contributed by atoms with van der Waals surface area (Å²) >= 11 is 0. The van der Waals surface area contributed by atoms with Gasteiger partial charge in [0, 0.05) is 23.4 Å². The summed E-state index contributed by atoms with van der Waals surface area (Å²) in [5, 5.41) is 2.82. The SMILES string of the molecule is COc1ccc(OC)c(CNC(=O)c2ccc(NS(=O)(=O)c3ccccc3)cc2)c1. The van der Waals surface area contributed by atoms with Gasteiger partial charge in [-0.2, -0.15) is 0 Å². The second kappa shape index (κ2) is 9.32. The highest BCUT2D eigenvalue weighted by molar-refractivity contribution is 7.92. The predicted octanol–water partition coefficient (Wildman–Crippen LogP) is 3.43. The molecular formula is C22H22N2O5S. The molecule has 3 aromatic carbocycles. The zero-order chi connectivity index (χ0) is 21.6. The standard InChI is InChI=1S/C22H22N2O5S/c1-28-19-12-13-21(29-2)17(14-19)15-23-22(25)16-8-10-18(11-9-16)24-30(26,27)20-6-4-3-5-7-20/h3-14,24H,15H2,1-2H3,(H,23,25). The summed E-state index contributed by atoms with van der Waals surface area (Å²) in [6.45, 7) is 0.252. The van der Waals surface area contributed by atoms with Crippen LogP contribution in [0.1, 0.15) is 15.9 Å². The van der Waals surface area contributed by atoms with E-state index in [1.54, 1.807) is 74.9 Å². The molecule has 30 heavy (non-hydrogen) atoms. The first-order chi connectivity index (χ1) is 14.4. The van der Waals surface area contributed by atoms with Gasteiger partial charge in [0.25, 0.3) is 15.9 Å². The van der Waals surface area contributed by atoms with Crippen LogP contribution in [0.15, 0.2) is 77.7 Å². The number of nitrogens with one attached hydrogen (secondary N) is 2. The van der Waals surface area contributed by atoms with Crippen molar-refractivity contribution in [2.24, 2.45) is 0 Å². The number of carbonyl (C=O) groups excluding carboxylic acids is 1. The Labute approximate surface area is 175 Å². The van der Waals surface area contributed by atoms with Crippen molar-refractivity contribution in [3.05, 3.63) is 83.9 Å². The van der Waals surface area contributed by atoms with Crippen molar-refractivity contribution in [3.63, 3.8) is 0 Å². The number of anilines is 1. The van der Waals surface area contributed by atoms with Gasteiger partial charge in [0.15, 0.2) is 0 Å². The Morgan fingerprint density at radius 3 is 2.23 bits per heavy atom. The fourth-order valence-electron chi connectivity index (χ4n) is 2.80. The third-order valence-electron chi connectivity index (χ3n) is 4.38. The fourth-order valence-corrected chi connectivity index (χ4v) is 3.88. The Balaban J connectivity index is 1.66. The first kappa shape index (κ1) is 21.2. The lowest BCUT2D eigenvalue weighted by molar-refractivity contribution is 0.0950. The number of carbonyl (C=O) groups is 1. The Bertz CT molecular complexity index is 1110. The molecule has 7 nitrogen and oxygen atoms in total. The van der Waals surface area contributed by atoms with Crippen LogP contribution in [0.25, 0.3) is 0 Å². The topological polar surface area (TPSA) is 93.7 Å². The molecule has 8 heteroatoms. The van der Waals surface area contributed by atoms with Gasteiger partial charge >= 0.3 is 0 Å². The summed E-state index contributed by atoms with van der Waals surface area (Å²) in [6, 6.07) is 19.6. The number of rotatable bonds is 8. The minimum Gasteiger partial charge on any atom is -0.497 e. The van der Waals surface area contributed by atoms with Crippen LogP contribution in [-0.2, 0) is 16.6 Å². The zero-order valence-electron chi connectivity index (χ0n) is 16.6. The van der Waals surface area contributed by atoms with Crippen molar-refractivity contribution in [1.82, 2.24) is 5.32 Å². The molecule has 3 rings (SSSR count). The molecule has 0 radical (unpaired) electrons. The third kappa shape index (κ3) is 5.09. The number of ether oxygens (including phenoxy) is 2. The first-order valence-corrected chi connectivity index (χ1v) is 10.6. The van der Waals surface area contributed by atoms with Crippen molar-refractivity contribution in [3.8, 4) is 11.5 Å². The van der Waals surface area contributed by atoms with Crippen LogP contribution in [-0.4, -0.2) is 28.5 Å². The lowest BCUT2D eigenvalue weighted by Crippen LogP contribution is -2.23. The zero-order valence-corrected chi connectivity index (χ0v) is 17.4. The molecule has 0 aliphatic heterocycles. The largest absolute Gasteiger partial charge is 0.497 e. The lowest BCUT2D eigenvalue weighted by Gasteiger charge is -2.12. The molecule has 0 atom stereocenters. The highest BCUT2D eigenvalue weighted by Crippen LogP contribution is 2.24. The van der Waals surface area contributed by atoms with Gasteiger partial charge in [0.05, 0.1) is 19.1 Å². The van der Waals surface area contributed by atoms with Crippen molar-refractivity contribution < 1.29 is 22.7 Å². The fraction of sp³-hybridized carbons (Fsp3) is 0.136. The molecule has 0 aliphatic carbocycles. The van der Waals surface area contributed by atoms with Crippen LogP contribution < -0.4 is 19.5 Å². The summed E-state index contributed by atoms with van der Waals surface area (Å²) < 4.78 is 37.8. The van der Waals surface area contributed by atoms with Gasteiger partial charge in [-0.1, -0.05) is 18.2 Å². The maximum atomic E-state index is 12.5. The van der Waals surface area contributed by atoms with E-state index in [4.69, 9.17) is 9.47 Å². The van der Waals surface area contributed by atoms with E-state index in [1.165, 1.54) is 12.1 Å². The third-order valence-corrected chi connectivity index (χ3v) is 5.78. The lowest BCUT2D eigenvalue weighted by atomic mass is 10.1. The highest BCUT2D eigenvalue weighted by Gasteiger charge is 2.14. The normalized spacial score (nSPS) is 10.9. The molecule has 0 bridgehead atoms. The number of sulfonamides is 1. The average molecular weight is 426 g/mol. The van der Waals surface area contributed by atoms with Crippen LogP contribution >= 0.6 is 0 Å². The molecule has 1 amide bonds. The van der Waals surface area contributed by atoms with Crippen LogP contribution in [0.2, 0.25) is 0 Å². The number of hydrogen-bond acceptors (Lipinski definition) is 5. The van der Waals surface area contributed by atoms with Gasteiger partial charge in [0.2, 0.25) is 0 Å².